The molecule has 0 bridgehead atoms. The van der Waals surface area contributed by atoms with Crippen LogP contribution >= 0.6 is 0 Å². The van der Waals surface area contributed by atoms with E-state index in [4.69, 9.17) is 4.74 Å². The minimum atomic E-state index is 0.495. The lowest BCUT2D eigenvalue weighted by atomic mass is 10.1. The zero-order valence-corrected chi connectivity index (χ0v) is 12.1. The summed E-state index contributed by atoms with van der Waals surface area (Å²) in [5.74, 6) is 0.949. The lowest BCUT2D eigenvalue weighted by Crippen LogP contribution is -2.29. The third kappa shape index (κ3) is 5.45. The highest BCUT2D eigenvalue weighted by molar-refractivity contribution is 5.20. The highest BCUT2D eigenvalue weighted by atomic mass is 16.5. The van der Waals surface area contributed by atoms with Crippen LogP contribution in [0.15, 0.2) is 60.7 Å². The molecule has 1 atom stereocenters. The first-order valence-electron chi connectivity index (χ1n) is 7.30. The summed E-state index contributed by atoms with van der Waals surface area (Å²) in [4.78, 5) is 0. The Morgan fingerprint density at radius 2 is 1.60 bits per heavy atom. The molecule has 0 aromatic heterocycles. The number of hydrogen-bond acceptors (Lipinski definition) is 2. The van der Waals surface area contributed by atoms with Crippen molar-refractivity contribution in [2.24, 2.45) is 0 Å². The maximum Gasteiger partial charge on any atom is 0.119 e. The Morgan fingerprint density at radius 1 is 0.950 bits per heavy atom. The van der Waals surface area contributed by atoms with Crippen molar-refractivity contribution in [3.63, 3.8) is 0 Å². The van der Waals surface area contributed by atoms with Gasteiger partial charge in [-0.2, -0.15) is 0 Å². The Kier molecular flexibility index (Phi) is 6.12. The molecule has 0 spiro atoms. The van der Waals surface area contributed by atoms with E-state index in [-0.39, 0.29) is 0 Å². The Hall–Kier alpha value is -1.80. The van der Waals surface area contributed by atoms with Crippen LogP contribution in [0.25, 0.3) is 0 Å². The van der Waals surface area contributed by atoms with E-state index >= 15 is 0 Å². The second-order valence-electron chi connectivity index (χ2n) is 5.06. The van der Waals surface area contributed by atoms with Gasteiger partial charge in [-0.25, -0.2) is 0 Å². The molecule has 1 unspecified atom stereocenters. The summed E-state index contributed by atoms with van der Waals surface area (Å²) in [7, 11) is 0. The van der Waals surface area contributed by atoms with Crippen LogP contribution in [0.2, 0.25) is 0 Å². The molecule has 0 aliphatic carbocycles. The normalized spacial score (nSPS) is 12.1. The minimum Gasteiger partial charge on any atom is -0.494 e. The largest absolute Gasteiger partial charge is 0.494 e. The molecule has 0 radical (unpaired) electrons. The van der Waals surface area contributed by atoms with Crippen LogP contribution in [-0.4, -0.2) is 19.2 Å². The molecule has 1 N–H and O–H groups in total. The summed E-state index contributed by atoms with van der Waals surface area (Å²) in [5, 5.41) is 3.54. The summed E-state index contributed by atoms with van der Waals surface area (Å²) in [6.07, 6.45) is 2.09. The standard InChI is InChI=1S/C18H23NO/c1-16(15-17-9-4-2-5-10-17)19-13-8-14-20-18-11-6-3-7-12-18/h2-7,9-12,16,19H,8,13-15H2,1H3. The van der Waals surface area contributed by atoms with E-state index in [1.807, 2.05) is 30.3 Å². The monoisotopic (exact) mass is 269 g/mol. The van der Waals surface area contributed by atoms with E-state index in [9.17, 15) is 0 Å². The number of nitrogens with one attached hydrogen (secondary N) is 1. The number of benzene rings is 2. The van der Waals surface area contributed by atoms with Gasteiger partial charge in [0.05, 0.1) is 6.61 Å². The molecule has 0 amide bonds. The van der Waals surface area contributed by atoms with Crippen molar-refractivity contribution >= 4 is 0 Å². The van der Waals surface area contributed by atoms with Crippen molar-refractivity contribution in [1.29, 1.82) is 0 Å². The van der Waals surface area contributed by atoms with Crippen LogP contribution in [0.1, 0.15) is 18.9 Å². The molecule has 106 valence electrons. The lowest BCUT2D eigenvalue weighted by molar-refractivity contribution is 0.305. The van der Waals surface area contributed by atoms with E-state index in [1.54, 1.807) is 0 Å². The van der Waals surface area contributed by atoms with E-state index in [0.29, 0.717) is 6.04 Å². The lowest BCUT2D eigenvalue weighted by Gasteiger charge is -2.14. The summed E-state index contributed by atoms with van der Waals surface area (Å²) >= 11 is 0. The van der Waals surface area contributed by atoms with E-state index in [0.717, 1.165) is 31.7 Å². The van der Waals surface area contributed by atoms with Crippen LogP contribution in [0.5, 0.6) is 5.75 Å². The highest BCUT2D eigenvalue weighted by Crippen LogP contribution is 2.08. The van der Waals surface area contributed by atoms with Crippen LogP contribution < -0.4 is 10.1 Å². The fourth-order valence-corrected chi connectivity index (χ4v) is 2.17. The van der Waals surface area contributed by atoms with Crippen molar-refractivity contribution in [1.82, 2.24) is 5.32 Å². The third-order valence-corrected chi connectivity index (χ3v) is 3.21. The number of rotatable bonds is 8. The van der Waals surface area contributed by atoms with Gasteiger partial charge in [0, 0.05) is 6.04 Å². The summed E-state index contributed by atoms with van der Waals surface area (Å²) in [6, 6.07) is 21.1. The molecule has 0 saturated heterocycles. The number of para-hydroxylation sites is 1. The fourth-order valence-electron chi connectivity index (χ4n) is 2.17. The molecule has 2 aromatic rings. The fraction of sp³-hybridized carbons (Fsp3) is 0.333. The van der Waals surface area contributed by atoms with Gasteiger partial charge in [0.2, 0.25) is 0 Å². The van der Waals surface area contributed by atoms with Gasteiger partial charge in [-0.1, -0.05) is 48.5 Å². The molecular weight excluding hydrogens is 246 g/mol. The van der Waals surface area contributed by atoms with Gasteiger partial charge in [-0.15, -0.1) is 0 Å². The molecule has 0 heterocycles. The average molecular weight is 269 g/mol. The number of hydrogen-bond donors (Lipinski definition) is 1. The quantitative estimate of drug-likeness (QED) is 0.738. The SMILES string of the molecule is CC(Cc1ccccc1)NCCCOc1ccccc1. The zero-order chi connectivity index (χ0) is 14.0. The molecular formula is C18H23NO. The number of ether oxygens (including phenoxy) is 1. The van der Waals surface area contributed by atoms with Crippen molar-refractivity contribution in [3.05, 3.63) is 66.2 Å². The van der Waals surface area contributed by atoms with Gasteiger partial charge in [0.15, 0.2) is 0 Å². The summed E-state index contributed by atoms with van der Waals surface area (Å²) < 4.78 is 5.67. The Bertz CT molecular complexity index is 469. The van der Waals surface area contributed by atoms with Crippen molar-refractivity contribution in [2.75, 3.05) is 13.2 Å². The molecule has 0 fully saturated rings. The van der Waals surface area contributed by atoms with Gasteiger partial charge in [0.1, 0.15) is 5.75 Å². The van der Waals surface area contributed by atoms with Crippen molar-refractivity contribution in [3.8, 4) is 5.75 Å². The van der Waals surface area contributed by atoms with E-state index in [1.165, 1.54) is 5.56 Å². The molecule has 2 rings (SSSR count). The van der Waals surface area contributed by atoms with Crippen LogP contribution in [0.4, 0.5) is 0 Å². The minimum absolute atomic E-state index is 0.495. The predicted octanol–water partition coefficient (Wildman–Crippen LogP) is 3.68. The second-order valence-corrected chi connectivity index (χ2v) is 5.06. The molecule has 0 aliphatic rings. The van der Waals surface area contributed by atoms with Gasteiger partial charge in [-0.3, -0.25) is 0 Å². The zero-order valence-electron chi connectivity index (χ0n) is 12.1. The summed E-state index contributed by atoms with van der Waals surface area (Å²) in [5.41, 5.74) is 1.38. The average Bonchev–Trinajstić information content (AvgIpc) is 2.49. The van der Waals surface area contributed by atoms with Gasteiger partial charge >= 0.3 is 0 Å². The van der Waals surface area contributed by atoms with Crippen LogP contribution in [0.3, 0.4) is 0 Å². The van der Waals surface area contributed by atoms with Crippen molar-refractivity contribution < 1.29 is 4.74 Å². The molecule has 0 aliphatic heterocycles. The summed E-state index contributed by atoms with van der Waals surface area (Å²) in [6.45, 7) is 3.97. The molecule has 20 heavy (non-hydrogen) atoms. The third-order valence-electron chi connectivity index (χ3n) is 3.21. The van der Waals surface area contributed by atoms with Crippen LogP contribution in [-0.2, 0) is 6.42 Å². The molecule has 2 aromatic carbocycles. The highest BCUT2D eigenvalue weighted by Gasteiger charge is 2.02. The molecule has 0 saturated carbocycles. The first-order valence-corrected chi connectivity index (χ1v) is 7.30. The van der Waals surface area contributed by atoms with Gasteiger partial charge in [0.25, 0.3) is 0 Å². The molecule has 2 heteroatoms. The van der Waals surface area contributed by atoms with E-state index < -0.39 is 0 Å². The maximum atomic E-state index is 5.67. The second kappa shape index (κ2) is 8.39. The first-order chi connectivity index (χ1) is 9.84. The first kappa shape index (κ1) is 14.6. The topological polar surface area (TPSA) is 21.3 Å². The van der Waals surface area contributed by atoms with E-state index in [2.05, 4.69) is 42.6 Å². The Balaban J connectivity index is 1.57. The maximum absolute atomic E-state index is 5.67. The van der Waals surface area contributed by atoms with Gasteiger partial charge < -0.3 is 10.1 Å². The van der Waals surface area contributed by atoms with Crippen molar-refractivity contribution in [2.45, 2.75) is 25.8 Å². The van der Waals surface area contributed by atoms with Gasteiger partial charge in [-0.05, 0) is 44.0 Å². The smallest absolute Gasteiger partial charge is 0.119 e. The Labute approximate surface area is 121 Å². The van der Waals surface area contributed by atoms with Crippen LogP contribution in [0, 0.1) is 0 Å². The molecule has 2 nitrogen and oxygen atoms in total. The Morgan fingerprint density at radius 3 is 2.30 bits per heavy atom. The predicted molar refractivity (Wildman–Crippen MR) is 84.2 cm³/mol.